The van der Waals surface area contributed by atoms with Gasteiger partial charge in [0.15, 0.2) is 5.78 Å². The Morgan fingerprint density at radius 1 is 1.33 bits per heavy atom. The maximum atomic E-state index is 12.3. The molecule has 0 spiro atoms. The zero-order valence-corrected chi connectivity index (χ0v) is 11.3. The molecule has 1 saturated carbocycles. The van der Waals surface area contributed by atoms with Crippen molar-refractivity contribution < 1.29 is 9.90 Å². The number of rotatable bonds is 3. The Kier molecular flexibility index (Phi) is 3.86. The van der Waals surface area contributed by atoms with Gasteiger partial charge in [-0.25, -0.2) is 0 Å². The molecule has 1 fully saturated rings. The van der Waals surface area contributed by atoms with Crippen molar-refractivity contribution in [3.05, 3.63) is 35.4 Å². The molecule has 98 valence electrons. The monoisotopic (exact) mass is 246 g/mol. The zero-order chi connectivity index (χ0) is 13.2. The Balaban J connectivity index is 2.06. The summed E-state index contributed by atoms with van der Waals surface area (Å²) in [6.07, 6.45) is 3.52. The number of benzene rings is 1. The highest BCUT2D eigenvalue weighted by molar-refractivity contribution is 5.89. The number of hydrogen-bond acceptors (Lipinski definition) is 2. The fraction of sp³-hybridized carbons (Fsp3) is 0.562. The summed E-state index contributed by atoms with van der Waals surface area (Å²) in [6, 6.07) is 7.90. The Bertz CT molecular complexity index is 428. The summed E-state index contributed by atoms with van der Waals surface area (Å²) >= 11 is 0. The van der Waals surface area contributed by atoms with Crippen LogP contribution in [-0.2, 0) is 11.2 Å². The van der Waals surface area contributed by atoms with E-state index in [1.165, 1.54) is 0 Å². The fourth-order valence-corrected chi connectivity index (χ4v) is 2.66. The van der Waals surface area contributed by atoms with E-state index in [1.807, 2.05) is 31.2 Å². The number of carbonyl (C=O) groups is 1. The van der Waals surface area contributed by atoms with E-state index in [0.29, 0.717) is 25.2 Å². The standard InChI is InChI=1S/C16H22O2/c1-12-7-9-16(18,10-8-12)15(17)11-14-6-4-3-5-13(14)2/h3-6,12,18H,7-11H2,1-2H3. The van der Waals surface area contributed by atoms with E-state index in [2.05, 4.69) is 6.92 Å². The van der Waals surface area contributed by atoms with Gasteiger partial charge in [-0.1, -0.05) is 31.2 Å². The summed E-state index contributed by atoms with van der Waals surface area (Å²) in [5.41, 5.74) is 1.09. The van der Waals surface area contributed by atoms with Gasteiger partial charge in [0.25, 0.3) is 0 Å². The zero-order valence-electron chi connectivity index (χ0n) is 11.3. The van der Waals surface area contributed by atoms with Crippen molar-refractivity contribution in [2.75, 3.05) is 0 Å². The van der Waals surface area contributed by atoms with Crippen LogP contribution in [0.3, 0.4) is 0 Å². The minimum Gasteiger partial charge on any atom is -0.382 e. The van der Waals surface area contributed by atoms with E-state index < -0.39 is 5.60 Å². The topological polar surface area (TPSA) is 37.3 Å². The molecule has 0 aromatic heterocycles. The summed E-state index contributed by atoms with van der Waals surface area (Å²) in [7, 11) is 0. The molecule has 1 aromatic rings. The van der Waals surface area contributed by atoms with Gasteiger partial charge >= 0.3 is 0 Å². The first-order valence-corrected chi connectivity index (χ1v) is 6.81. The van der Waals surface area contributed by atoms with Crippen LogP contribution in [0.1, 0.15) is 43.7 Å². The van der Waals surface area contributed by atoms with Crippen molar-refractivity contribution >= 4 is 5.78 Å². The molecule has 1 aromatic carbocycles. The number of aryl methyl sites for hydroxylation is 1. The molecule has 2 nitrogen and oxygen atoms in total. The van der Waals surface area contributed by atoms with E-state index in [0.717, 1.165) is 24.0 Å². The summed E-state index contributed by atoms with van der Waals surface area (Å²) in [5, 5.41) is 10.5. The predicted molar refractivity (Wildman–Crippen MR) is 72.5 cm³/mol. The number of hydrogen-bond donors (Lipinski definition) is 1. The van der Waals surface area contributed by atoms with Crippen LogP contribution in [-0.4, -0.2) is 16.5 Å². The maximum absolute atomic E-state index is 12.3. The van der Waals surface area contributed by atoms with Gasteiger partial charge in [-0.3, -0.25) is 4.79 Å². The summed E-state index contributed by atoms with van der Waals surface area (Å²) in [6.45, 7) is 4.20. The van der Waals surface area contributed by atoms with Crippen molar-refractivity contribution in [1.29, 1.82) is 0 Å². The van der Waals surface area contributed by atoms with Gasteiger partial charge in [0.2, 0.25) is 0 Å². The van der Waals surface area contributed by atoms with Crippen LogP contribution in [0.25, 0.3) is 0 Å². The van der Waals surface area contributed by atoms with E-state index in [-0.39, 0.29) is 5.78 Å². The van der Waals surface area contributed by atoms with Crippen LogP contribution < -0.4 is 0 Å². The van der Waals surface area contributed by atoms with Crippen LogP contribution >= 0.6 is 0 Å². The summed E-state index contributed by atoms with van der Waals surface area (Å²) in [4.78, 5) is 12.3. The Hall–Kier alpha value is -1.15. The third-order valence-electron chi connectivity index (χ3n) is 4.23. The lowest BCUT2D eigenvalue weighted by Crippen LogP contribution is -2.42. The maximum Gasteiger partial charge on any atom is 0.168 e. The van der Waals surface area contributed by atoms with Crippen molar-refractivity contribution in [3.63, 3.8) is 0 Å². The molecule has 0 unspecified atom stereocenters. The first-order valence-electron chi connectivity index (χ1n) is 6.81. The second-order valence-electron chi connectivity index (χ2n) is 5.74. The van der Waals surface area contributed by atoms with Gasteiger partial charge in [-0.2, -0.15) is 0 Å². The quantitative estimate of drug-likeness (QED) is 0.890. The molecule has 18 heavy (non-hydrogen) atoms. The van der Waals surface area contributed by atoms with Gasteiger partial charge in [-0.05, 0) is 49.7 Å². The number of carbonyl (C=O) groups excluding carboxylic acids is 1. The van der Waals surface area contributed by atoms with Gasteiger partial charge < -0.3 is 5.11 Å². The van der Waals surface area contributed by atoms with Crippen LogP contribution in [0.15, 0.2) is 24.3 Å². The van der Waals surface area contributed by atoms with Crippen LogP contribution in [0.4, 0.5) is 0 Å². The van der Waals surface area contributed by atoms with Crippen LogP contribution in [0, 0.1) is 12.8 Å². The molecule has 2 heteroatoms. The Labute approximate surface area is 109 Å². The molecule has 0 aliphatic heterocycles. The predicted octanol–water partition coefficient (Wildman–Crippen LogP) is 3.05. The molecule has 1 aliphatic carbocycles. The third kappa shape index (κ3) is 2.81. The summed E-state index contributed by atoms with van der Waals surface area (Å²) in [5.74, 6) is 0.625. The lowest BCUT2D eigenvalue weighted by Gasteiger charge is -2.33. The van der Waals surface area contributed by atoms with E-state index >= 15 is 0 Å². The average molecular weight is 246 g/mol. The molecule has 0 saturated heterocycles. The van der Waals surface area contributed by atoms with Crippen molar-refractivity contribution in [1.82, 2.24) is 0 Å². The highest BCUT2D eigenvalue weighted by Crippen LogP contribution is 2.33. The van der Waals surface area contributed by atoms with Crippen LogP contribution in [0.2, 0.25) is 0 Å². The lowest BCUT2D eigenvalue weighted by molar-refractivity contribution is -0.140. The molecule has 2 rings (SSSR count). The van der Waals surface area contributed by atoms with Gasteiger partial charge in [-0.15, -0.1) is 0 Å². The number of Topliss-reactive ketones (excluding diaryl/α,β-unsaturated/α-hetero) is 1. The highest BCUT2D eigenvalue weighted by atomic mass is 16.3. The van der Waals surface area contributed by atoms with E-state index in [1.54, 1.807) is 0 Å². The van der Waals surface area contributed by atoms with Crippen LogP contribution in [0.5, 0.6) is 0 Å². The molecular formula is C16H22O2. The lowest BCUT2D eigenvalue weighted by atomic mass is 9.76. The molecule has 0 radical (unpaired) electrons. The first kappa shape index (κ1) is 13.3. The van der Waals surface area contributed by atoms with E-state index in [9.17, 15) is 9.90 Å². The molecule has 0 heterocycles. The van der Waals surface area contributed by atoms with Gasteiger partial charge in [0.05, 0.1) is 0 Å². The molecule has 0 atom stereocenters. The molecule has 0 amide bonds. The number of ketones is 1. The van der Waals surface area contributed by atoms with Gasteiger partial charge in [0.1, 0.15) is 5.60 Å². The molecule has 1 aliphatic rings. The Morgan fingerprint density at radius 3 is 2.56 bits per heavy atom. The average Bonchev–Trinajstić information content (AvgIpc) is 2.36. The smallest absolute Gasteiger partial charge is 0.168 e. The SMILES string of the molecule is Cc1ccccc1CC(=O)C1(O)CCC(C)CC1. The summed E-state index contributed by atoms with van der Waals surface area (Å²) < 4.78 is 0. The molecule has 0 bridgehead atoms. The number of aliphatic hydroxyl groups is 1. The second-order valence-corrected chi connectivity index (χ2v) is 5.74. The van der Waals surface area contributed by atoms with Crippen molar-refractivity contribution in [3.8, 4) is 0 Å². The molecular weight excluding hydrogens is 224 g/mol. The fourth-order valence-electron chi connectivity index (χ4n) is 2.66. The normalized spacial score (nSPS) is 28.1. The Morgan fingerprint density at radius 2 is 1.94 bits per heavy atom. The van der Waals surface area contributed by atoms with Crippen molar-refractivity contribution in [2.45, 2.75) is 51.6 Å². The second kappa shape index (κ2) is 5.23. The largest absolute Gasteiger partial charge is 0.382 e. The highest BCUT2D eigenvalue weighted by Gasteiger charge is 2.38. The third-order valence-corrected chi connectivity index (χ3v) is 4.23. The van der Waals surface area contributed by atoms with E-state index in [4.69, 9.17) is 0 Å². The van der Waals surface area contributed by atoms with Crippen molar-refractivity contribution in [2.24, 2.45) is 5.92 Å². The minimum atomic E-state index is -1.07. The molecule has 1 N–H and O–H groups in total. The van der Waals surface area contributed by atoms with Gasteiger partial charge in [0, 0.05) is 6.42 Å². The first-order chi connectivity index (χ1) is 8.51. The minimum absolute atomic E-state index is 0.0105.